The molecular formula is C16H23NO2S. The fourth-order valence-corrected chi connectivity index (χ4v) is 4.45. The van der Waals surface area contributed by atoms with Crippen LogP contribution in [-0.2, 0) is 12.8 Å². The minimum atomic E-state index is -0.373. The lowest BCUT2D eigenvalue weighted by molar-refractivity contribution is 0.0720. The molecule has 2 N–H and O–H groups in total. The van der Waals surface area contributed by atoms with Gasteiger partial charge < -0.3 is 10.4 Å². The van der Waals surface area contributed by atoms with E-state index in [4.69, 9.17) is 0 Å². The molecule has 4 heteroatoms. The van der Waals surface area contributed by atoms with E-state index in [2.05, 4.69) is 18.3 Å². The molecule has 20 heavy (non-hydrogen) atoms. The number of thiophene rings is 1. The first kappa shape index (κ1) is 14.1. The average Bonchev–Trinajstić information content (AvgIpc) is 2.84. The zero-order valence-corrected chi connectivity index (χ0v) is 12.8. The van der Waals surface area contributed by atoms with Crippen LogP contribution < -0.4 is 5.32 Å². The van der Waals surface area contributed by atoms with Crippen LogP contribution in [0.25, 0.3) is 0 Å². The highest BCUT2D eigenvalue weighted by Gasteiger charge is 2.26. The van der Waals surface area contributed by atoms with E-state index in [1.54, 1.807) is 11.3 Å². The molecule has 1 saturated carbocycles. The number of amides is 1. The fraction of sp³-hybridized carbons (Fsp3) is 0.688. The Balaban J connectivity index is 1.68. The smallest absolute Gasteiger partial charge is 0.261 e. The van der Waals surface area contributed by atoms with Gasteiger partial charge in [0.1, 0.15) is 0 Å². The van der Waals surface area contributed by atoms with Crippen LogP contribution in [0.3, 0.4) is 0 Å². The first-order chi connectivity index (χ1) is 9.63. The highest BCUT2D eigenvalue weighted by molar-refractivity contribution is 7.14. The molecule has 2 aliphatic rings. The largest absolute Gasteiger partial charge is 0.391 e. The predicted octanol–water partition coefficient (Wildman–Crippen LogP) is 2.91. The molecule has 3 atom stereocenters. The van der Waals surface area contributed by atoms with Gasteiger partial charge in [0.05, 0.1) is 17.0 Å². The van der Waals surface area contributed by atoms with E-state index in [0.717, 1.165) is 49.3 Å². The van der Waals surface area contributed by atoms with Crippen molar-refractivity contribution in [1.29, 1.82) is 0 Å². The third kappa shape index (κ3) is 2.91. The van der Waals surface area contributed by atoms with Gasteiger partial charge in [-0.2, -0.15) is 0 Å². The Bertz CT molecular complexity index is 497. The van der Waals surface area contributed by atoms with Crippen LogP contribution >= 0.6 is 11.3 Å². The average molecular weight is 293 g/mol. The standard InChI is InChI=1S/C16H23NO2S/c1-10-6-7-14-11(8-10)9-15(20-14)16(19)17-12-4-2-3-5-13(12)18/h9-10,12-13,18H,2-8H2,1H3,(H,17,19). The van der Waals surface area contributed by atoms with E-state index < -0.39 is 0 Å². The van der Waals surface area contributed by atoms with Crippen molar-refractivity contribution in [3.05, 3.63) is 21.4 Å². The van der Waals surface area contributed by atoms with E-state index in [9.17, 15) is 9.90 Å². The zero-order chi connectivity index (χ0) is 14.1. The molecule has 0 radical (unpaired) electrons. The van der Waals surface area contributed by atoms with Crippen molar-refractivity contribution in [3.63, 3.8) is 0 Å². The minimum Gasteiger partial charge on any atom is -0.391 e. The van der Waals surface area contributed by atoms with Gasteiger partial charge >= 0.3 is 0 Å². The van der Waals surface area contributed by atoms with Crippen molar-refractivity contribution >= 4 is 17.2 Å². The highest BCUT2D eigenvalue weighted by Crippen LogP contribution is 2.32. The Morgan fingerprint density at radius 2 is 2.15 bits per heavy atom. The Hall–Kier alpha value is -0.870. The first-order valence-corrected chi connectivity index (χ1v) is 8.55. The number of hydrogen-bond acceptors (Lipinski definition) is 3. The summed E-state index contributed by atoms with van der Waals surface area (Å²) >= 11 is 1.64. The van der Waals surface area contributed by atoms with Gasteiger partial charge in [0, 0.05) is 4.88 Å². The summed E-state index contributed by atoms with van der Waals surface area (Å²) in [6.45, 7) is 2.28. The van der Waals surface area contributed by atoms with Crippen molar-refractivity contribution in [2.24, 2.45) is 5.92 Å². The van der Waals surface area contributed by atoms with E-state index >= 15 is 0 Å². The van der Waals surface area contributed by atoms with Crippen LogP contribution in [-0.4, -0.2) is 23.2 Å². The van der Waals surface area contributed by atoms with Gasteiger partial charge in [0.2, 0.25) is 0 Å². The maximum Gasteiger partial charge on any atom is 0.261 e. The number of carbonyl (C=O) groups is 1. The monoisotopic (exact) mass is 293 g/mol. The Kier molecular flexibility index (Phi) is 4.13. The summed E-state index contributed by atoms with van der Waals surface area (Å²) in [5.41, 5.74) is 1.36. The van der Waals surface area contributed by atoms with Gasteiger partial charge in [-0.1, -0.05) is 19.8 Å². The van der Waals surface area contributed by atoms with Crippen molar-refractivity contribution in [2.75, 3.05) is 0 Å². The second-order valence-corrected chi connectivity index (χ2v) is 7.48. The van der Waals surface area contributed by atoms with Gasteiger partial charge in [0.25, 0.3) is 5.91 Å². The van der Waals surface area contributed by atoms with Crippen molar-refractivity contribution < 1.29 is 9.90 Å². The maximum atomic E-state index is 12.3. The number of aliphatic hydroxyl groups excluding tert-OH is 1. The molecule has 1 aromatic heterocycles. The molecule has 1 amide bonds. The molecule has 3 nitrogen and oxygen atoms in total. The lowest BCUT2D eigenvalue weighted by Crippen LogP contribution is -2.44. The molecular weight excluding hydrogens is 270 g/mol. The van der Waals surface area contributed by atoms with Gasteiger partial charge in [-0.05, 0) is 49.7 Å². The number of fused-ring (bicyclic) bond motifs is 1. The second-order valence-electron chi connectivity index (χ2n) is 6.34. The Labute approximate surface area is 124 Å². The summed E-state index contributed by atoms with van der Waals surface area (Å²) in [6.07, 6.45) is 6.95. The van der Waals surface area contributed by atoms with Gasteiger partial charge in [-0.3, -0.25) is 4.79 Å². The number of rotatable bonds is 2. The van der Waals surface area contributed by atoms with E-state index in [-0.39, 0.29) is 18.1 Å². The molecule has 0 aliphatic heterocycles. The topological polar surface area (TPSA) is 49.3 Å². The number of nitrogens with one attached hydrogen (secondary N) is 1. The maximum absolute atomic E-state index is 12.3. The molecule has 3 unspecified atom stereocenters. The number of carbonyl (C=O) groups excluding carboxylic acids is 1. The van der Waals surface area contributed by atoms with Gasteiger partial charge in [-0.25, -0.2) is 0 Å². The molecule has 3 rings (SSSR count). The normalized spacial score (nSPS) is 29.8. The fourth-order valence-electron chi connectivity index (χ4n) is 3.34. The number of aliphatic hydroxyl groups is 1. The minimum absolute atomic E-state index is 0.00278. The lowest BCUT2D eigenvalue weighted by Gasteiger charge is -2.28. The predicted molar refractivity (Wildman–Crippen MR) is 81.2 cm³/mol. The van der Waals surface area contributed by atoms with Gasteiger partial charge in [0.15, 0.2) is 0 Å². The van der Waals surface area contributed by atoms with E-state index in [1.165, 1.54) is 16.9 Å². The molecule has 0 aromatic carbocycles. The molecule has 0 spiro atoms. The highest BCUT2D eigenvalue weighted by atomic mass is 32.1. The third-order valence-corrected chi connectivity index (χ3v) is 5.83. The molecule has 0 bridgehead atoms. The molecule has 1 heterocycles. The Morgan fingerprint density at radius 3 is 2.95 bits per heavy atom. The van der Waals surface area contributed by atoms with Crippen LogP contribution in [0.2, 0.25) is 0 Å². The summed E-state index contributed by atoms with van der Waals surface area (Å²) < 4.78 is 0. The zero-order valence-electron chi connectivity index (χ0n) is 12.0. The molecule has 1 fully saturated rings. The van der Waals surface area contributed by atoms with Crippen LogP contribution in [0.4, 0.5) is 0 Å². The quantitative estimate of drug-likeness (QED) is 0.881. The molecule has 1 aromatic rings. The van der Waals surface area contributed by atoms with E-state index in [0.29, 0.717) is 0 Å². The van der Waals surface area contributed by atoms with Crippen LogP contribution in [0, 0.1) is 5.92 Å². The summed E-state index contributed by atoms with van der Waals surface area (Å²) in [5.74, 6) is 0.733. The summed E-state index contributed by atoms with van der Waals surface area (Å²) in [7, 11) is 0. The Morgan fingerprint density at radius 1 is 1.35 bits per heavy atom. The summed E-state index contributed by atoms with van der Waals surface area (Å²) in [5, 5.41) is 13.0. The third-order valence-electron chi connectivity index (χ3n) is 4.60. The van der Waals surface area contributed by atoms with Crippen molar-refractivity contribution in [3.8, 4) is 0 Å². The summed E-state index contributed by atoms with van der Waals surface area (Å²) in [6, 6.07) is 2.01. The van der Waals surface area contributed by atoms with Crippen LogP contribution in [0.1, 0.15) is 59.1 Å². The van der Waals surface area contributed by atoms with Crippen molar-refractivity contribution in [2.45, 2.75) is 64.0 Å². The SMILES string of the molecule is CC1CCc2sc(C(=O)NC3CCCCC3O)cc2C1. The summed E-state index contributed by atoms with van der Waals surface area (Å²) in [4.78, 5) is 14.6. The van der Waals surface area contributed by atoms with Gasteiger partial charge in [-0.15, -0.1) is 11.3 Å². The number of hydrogen-bond donors (Lipinski definition) is 2. The van der Waals surface area contributed by atoms with Crippen LogP contribution in [0.5, 0.6) is 0 Å². The van der Waals surface area contributed by atoms with E-state index in [1.807, 2.05) is 0 Å². The number of aryl methyl sites for hydroxylation is 1. The molecule has 110 valence electrons. The molecule has 0 saturated heterocycles. The molecule has 2 aliphatic carbocycles. The second kappa shape index (κ2) is 5.86. The lowest BCUT2D eigenvalue weighted by atomic mass is 9.90. The van der Waals surface area contributed by atoms with Crippen LogP contribution in [0.15, 0.2) is 6.07 Å². The van der Waals surface area contributed by atoms with Crippen molar-refractivity contribution in [1.82, 2.24) is 5.32 Å². The first-order valence-electron chi connectivity index (χ1n) is 7.74.